The molecule has 31 heavy (non-hydrogen) atoms. The summed E-state index contributed by atoms with van der Waals surface area (Å²) in [4.78, 5) is 19.4. The van der Waals surface area contributed by atoms with E-state index in [2.05, 4.69) is 24.1 Å². The SMILES string of the molecule is CCOc1cc2c(cc1OCC)[C@@H]1CN(C)CC[C@@H]1N=C2c1ccc(C(=O)OC)cc1. The normalized spacial score (nSPS) is 20.3. The van der Waals surface area contributed by atoms with Gasteiger partial charge in [-0.1, -0.05) is 12.1 Å². The molecule has 0 bridgehead atoms. The minimum atomic E-state index is -0.340. The van der Waals surface area contributed by atoms with E-state index in [0.29, 0.717) is 24.7 Å². The van der Waals surface area contributed by atoms with Crippen LogP contribution in [-0.4, -0.2) is 63.1 Å². The van der Waals surface area contributed by atoms with Crippen molar-refractivity contribution in [3.8, 4) is 11.5 Å². The van der Waals surface area contributed by atoms with Crippen LogP contribution in [-0.2, 0) is 4.74 Å². The topological polar surface area (TPSA) is 60.4 Å². The van der Waals surface area contributed by atoms with E-state index >= 15 is 0 Å². The number of nitrogens with zero attached hydrogens (tertiary/aromatic N) is 2. The molecule has 2 aliphatic rings. The molecule has 0 amide bonds. The highest BCUT2D eigenvalue weighted by Gasteiger charge is 2.36. The van der Waals surface area contributed by atoms with Crippen molar-refractivity contribution >= 4 is 11.7 Å². The third-order valence-corrected chi connectivity index (χ3v) is 6.02. The molecule has 2 heterocycles. The van der Waals surface area contributed by atoms with E-state index in [1.807, 2.05) is 26.0 Å². The number of aliphatic imine (C=N–C) groups is 1. The van der Waals surface area contributed by atoms with E-state index in [-0.39, 0.29) is 12.0 Å². The lowest BCUT2D eigenvalue weighted by Gasteiger charge is -2.39. The largest absolute Gasteiger partial charge is 0.490 e. The Morgan fingerprint density at radius 2 is 1.77 bits per heavy atom. The van der Waals surface area contributed by atoms with Gasteiger partial charge in [0.1, 0.15) is 0 Å². The number of benzene rings is 2. The average molecular weight is 423 g/mol. The minimum absolute atomic E-state index is 0.228. The first-order valence-corrected chi connectivity index (χ1v) is 10.9. The van der Waals surface area contributed by atoms with E-state index < -0.39 is 0 Å². The molecule has 0 spiro atoms. The zero-order chi connectivity index (χ0) is 22.0. The van der Waals surface area contributed by atoms with Gasteiger partial charge in [-0.2, -0.15) is 0 Å². The summed E-state index contributed by atoms with van der Waals surface area (Å²) in [5, 5.41) is 0. The Balaban J connectivity index is 1.83. The van der Waals surface area contributed by atoms with Crippen LogP contribution in [0.15, 0.2) is 41.4 Å². The zero-order valence-electron chi connectivity index (χ0n) is 18.7. The smallest absolute Gasteiger partial charge is 0.337 e. The third-order valence-electron chi connectivity index (χ3n) is 6.02. The number of rotatable bonds is 6. The fraction of sp³-hybridized carbons (Fsp3) is 0.440. The lowest BCUT2D eigenvalue weighted by atomic mass is 9.79. The van der Waals surface area contributed by atoms with Crippen molar-refractivity contribution < 1.29 is 19.0 Å². The van der Waals surface area contributed by atoms with Crippen LogP contribution in [0.1, 0.15) is 53.2 Å². The Bertz CT molecular complexity index is 984. The van der Waals surface area contributed by atoms with Gasteiger partial charge in [0, 0.05) is 23.6 Å². The first kappa shape index (κ1) is 21.4. The first-order valence-electron chi connectivity index (χ1n) is 10.9. The van der Waals surface area contributed by atoms with Gasteiger partial charge in [0.05, 0.1) is 37.6 Å². The van der Waals surface area contributed by atoms with Crippen molar-refractivity contribution in [3.63, 3.8) is 0 Å². The summed E-state index contributed by atoms with van der Waals surface area (Å²) in [6, 6.07) is 11.9. The van der Waals surface area contributed by atoms with Crippen LogP contribution in [0.3, 0.4) is 0 Å². The molecule has 6 heteroatoms. The summed E-state index contributed by atoms with van der Waals surface area (Å²) in [5.41, 5.74) is 4.79. The van der Waals surface area contributed by atoms with E-state index in [4.69, 9.17) is 19.2 Å². The van der Waals surface area contributed by atoms with Crippen LogP contribution in [0.2, 0.25) is 0 Å². The molecule has 164 valence electrons. The number of methoxy groups -OCH3 is 1. The maximum atomic E-state index is 11.8. The molecule has 0 saturated carbocycles. The highest BCUT2D eigenvalue weighted by molar-refractivity contribution is 6.15. The lowest BCUT2D eigenvalue weighted by molar-refractivity contribution is 0.0600. The molecule has 1 saturated heterocycles. The van der Waals surface area contributed by atoms with Gasteiger partial charge in [0.25, 0.3) is 0 Å². The molecular weight excluding hydrogens is 392 g/mol. The Kier molecular flexibility index (Phi) is 6.28. The maximum Gasteiger partial charge on any atom is 0.337 e. The van der Waals surface area contributed by atoms with Gasteiger partial charge in [0.15, 0.2) is 11.5 Å². The predicted molar refractivity (Wildman–Crippen MR) is 121 cm³/mol. The number of carbonyl (C=O) groups excluding carboxylic acids is 1. The van der Waals surface area contributed by atoms with Gasteiger partial charge in [-0.25, -0.2) is 4.79 Å². The number of fused-ring (bicyclic) bond motifs is 3. The third kappa shape index (κ3) is 4.17. The average Bonchev–Trinajstić information content (AvgIpc) is 2.79. The second-order valence-electron chi connectivity index (χ2n) is 8.02. The predicted octanol–water partition coefficient (Wildman–Crippen LogP) is 3.91. The number of likely N-dealkylation sites (tertiary alicyclic amines) is 1. The van der Waals surface area contributed by atoms with Gasteiger partial charge >= 0.3 is 5.97 Å². The summed E-state index contributed by atoms with van der Waals surface area (Å²) in [7, 11) is 3.56. The van der Waals surface area contributed by atoms with E-state index in [1.165, 1.54) is 12.7 Å². The quantitative estimate of drug-likeness (QED) is 0.661. The molecule has 0 aromatic heterocycles. The number of piperidine rings is 1. The summed E-state index contributed by atoms with van der Waals surface area (Å²) >= 11 is 0. The first-order chi connectivity index (χ1) is 15.0. The van der Waals surface area contributed by atoms with Crippen LogP contribution < -0.4 is 9.47 Å². The summed E-state index contributed by atoms with van der Waals surface area (Å²) in [6.07, 6.45) is 1.02. The molecule has 1 fully saturated rings. The van der Waals surface area contributed by atoms with Gasteiger partial charge in [-0.15, -0.1) is 0 Å². The Labute approximate surface area is 183 Å². The number of hydrogen-bond donors (Lipinski definition) is 0. The second-order valence-corrected chi connectivity index (χ2v) is 8.02. The molecule has 0 radical (unpaired) electrons. The molecule has 0 unspecified atom stereocenters. The van der Waals surface area contributed by atoms with Crippen molar-refractivity contribution in [1.29, 1.82) is 0 Å². The highest BCUT2D eigenvalue weighted by atomic mass is 16.5. The van der Waals surface area contributed by atoms with Gasteiger partial charge in [0.2, 0.25) is 0 Å². The standard InChI is InChI=1S/C25H30N2O4/c1-5-30-22-13-18-19(14-23(22)31-6-2)24(26-21-11-12-27(3)15-20(18)21)16-7-9-17(10-8-16)25(28)29-4/h7-10,13-14,20-21H,5-6,11-12,15H2,1-4H3/t20-,21-/m0/s1. The van der Waals surface area contributed by atoms with Gasteiger partial charge in [-0.3, -0.25) is 4.99 Å². The van der Waals surface area contributed by atoms with Crippen molar-refractivity contribution in [2.24, 2.45) is 4.99 Å². The van der Waals surface area contributed by atoms with Crippen LogP contribution in [0.5, 0.6) is 11.5 Å². The Morgan fingerprint density at radius 1 is 1.10 bits per heavy atom. The number of esters is 1. The molecular formula is C25H30N2O4. The Hall–Kier alpha value is -2.86. The van der Waals surface area contributed by atoms with Crippen molar-refractivity contribution in [3.05, 3.63) is 58.7 Å². The van der Waals surface area contributed by atoms with E-state index in [9.17, 15) is 4.79 Å². The highest BCUT2D eigenvalue weighted by Crippen LogP contribution is 2.42. The molecule has 0 N–H and O–H groups in total. The number of ether oxygens (including phenoxy) is 3. The summed E-state index contributed by atoms with van der Waals surface area (Å²) < 4.78 is 16.7. The van der Waals surface area contributed by atoms with E-state index in [1.54, 1.807) is 12.1 Å². The number of likely N-dealkylation sites (N-methyl/N-ethyl adjacent to an activating group) is 1. The van der Waals surface area contributed by atoms with Crippen LogP contribution in [0, 0.1) is 0 Å². The fourth-order valence-electron chi connectivity index (χ4n) is 4.53. The molecule has 2 aliphatic heterocycles. The molecule has 2 aromatic carbocycles. The van der Waals surface area contributed by atoms with Crippen LogP contribution in [0.25, 0.3) is 0 Å². The van der Waals surface area contributed by atoms with Crippen molar-refractivity contribution in [2.45, 2.75) is 32.2 Å². The van der Waals surface area contributed by atoms with Gasteiger partial charge < -0.3 is 19.1 Å². The Morgan fingerprint density at radius 3 is 2.42 bits per heavy atom. The maximum absolute atomic E-state index is 11.8. The van der Waals surface area contributed by atoms with Crippen molar-refractivity contribution in [1.82, 2.24) is 4.90 Å². The molecule has 2 aromatic rings. The molecule has 0 aliphatic carbocycles. The summed E-state index contributed by atoms with van der Waals surface area (Å²) in [5.74, 6) is 1.51. The number of carbonyl (C=O) groups is 1. The monoisotopic (exact) mass is 422 g/mol. The molecule has 4 rings (SSSR count). The lowest BCUT2D eigenvalue weighted by Crippen LogP contribution is -2.41. The summed E-state index contributed by atoms with van der Waals surface area (Å²) in [6.45, 7) is 7.11. The van der Waals surface area contributed by atoms with E-state index in [0.717, 1.165) is 47.8 Å². The van der Waals surface area contributed by atoms with Gasteiger partial charge in [-0.05, 0) is 63.7 Å². The fourth-order valence-corrected chi connectivity index (χ4v) is 4.53. The minimum Gasteiger partial charge on any atom is -0.490 e. The van der Waals surface area contributed by atoms with Crippen molar-refractivity contribution in [2.75, 3.05) is 40.5 Å². The second kappa shape index (κ2) is 9.10. The molecule has 6 nitrogen and oxygen atoms in total. The zero-order valence-corrected chi connectivity index (χ0v) is 18.7. The number of hydrogen-bond acceptors (Lipinski definition) is 6. The van der Waals surface area contributed by atoms with Crippen LogP contribution >= 0.6 is 0 Å². The van der Waals surface area contributed by atoms with Crippen LogP contribution in [0.4, 0.5) is 0 Å². The molecule has 2 atom stereocenters.